The third kappa shape index (κ3) is 6.24. The van der Waals surface area contributed by atoms with Crippen LogP contribution in [-0.2, 0) is 16.0 Å². The molecule has 6 heteroatoms. The number of rotatable bonds is 5. The monoisotopic (exact) mass is 285 g/mol. The van der Waals surface area contributed by atoms with E-state index in [4.69, 9.17) is 9.84 Å². The predicted molar refractivity (Wildman–Crippen MR) is 73.4 cm³/mol. The first-order valence-electron chi connectivity index (χ1n) is 6.00. The molecule has 0 bridgehead atoms. The summed E-state index contributed by atoms with van der Waals surface area (Å²) in [6.07, 6.45) is -0.187. The van der Waals surface area contributed by atoms with Crippen LogP contribution in [0.15, 0.2) is 17.5 Å². The van der Waals surface area contributed by atoms with Gasteiger partial charge in [0, 0.05) is 11.4 Å². The van der Waals surface area contributed by atoms with Crippen LogP contribution in [0.4, 0.5) is 4.79 Å². The van der Waals surface area contributed by atoms with Crippen molar-refractivity contribution < 1.29 is 19.4 Å². The predicted octanol–water partition coefficient (Wildman–Crippen LogP) is 2.52. The molecular weight excluding hydrogens is 266 g/mol. The van der Waals surface area contributed by atoms with Gasteiger partial charge in [-0.1, -0.05) is 6.07 Å². The number of hydrogen-bond donors (Lipinski definition) is 2. The van der Waals surface area contributed by atoms with Gasteiger partial charge in [-0.25, -0.2) is 4.79 Å². The van der Waals surface area contributed by atoms with Crippen LogP contribution in [0, 0.1) is 5.92 Å². The van der Waals surface area contributed by atoms with E-state index < -0.39 is 23.6 Å². The summed E-state index contributed by atoms with van der Waals surface area (Å²) < 4.78 is 5.06. The third-order valence-corrected chi connectivity index (χ3v) is 3.17. The topological polar surface area (TPSA) is 75.6 Å². The number of amides is 1. The van der Waals surface area contributed by atoms with Gasteiger partial charge in [-0.2, -0.15) is 0 Å². The molecule has 106 valence electrons. The zero-order chi connectivity index (χ0) is 14.5. The fourth-order valence-electron chi connectivity index (χ4n) is 1.44. The molecule has 2 N–H and O–H groups in total. The van der Waals surface area contributed by atoms with Gasteiger partial charge < -0.3 is 15.2 Å². The minimum absolute atomic E-state index is 0.0577. The number of carbonyl (C=O) groups is 2. The molecule has 0 aliphatic rings. The molecule has 1 rings (SSSR count). The standard InChI is InChI=1S/C13H19NO4S/c1-13(2,3)18-12(17)14-8-9(11(15)16)7-10-5-4-6-19-10/h4-6,9H,7-8H2,1-3H3,(H,14,17)(H,15,16). The molecule has 1 amide bonds. The number of ether oxygens (including phenoxy) is 1. The molecule has 19 heavy (non-hydrogen) atoms. The fraction of sp³-hybridized carbons (Fsp3) is 0.538. The summed E-state index contributed by atoms with van der Waals surface area (Å²) in [7, 11) is 0. The van der Waals surface area contributed by atoms with E-state index in [-0.39, 0.29) is 6.54 Å². The smallest absolute Gasteiger partial charge is 0.407 e. The Hall–Kier alpha value is -1.56. The quantitative estimate of drug-likeness (QED) is 0.871. The molecule has 1 aromatic heterocycles. The van der Waals surface area contributed by atoms with Crippen molar-refractivity contribution in [2.24, 2.45) is 5.92 Å². The van der Waals surface area contributed by atoms with Crippen LogP contribution >= 0.6 is 11.3 Å². The first kappa shape index (κ1) is 15.5. The van der Waals surface area contributed by atoms with E-state index in [0.717, 1.165) is 4.88 Å². The molecular formula is C13H19NO4S. The van der Waals surface area contributed by atoms with Gasteiger partial charge in [0.15, 0.2) is 0 Å². The average Bonchev–Trinajstić information content (AvgIpc) is 2.73. The van der Waals surface area contributed by atoms with Crippen molar-refractivity contribution in [3.8, 4) is 0 Å². The summed E-state index contributed by atoms with van der Waals surface area (Å²) in [6, 6.07) is 3.76. The van der Waals surface area contributed by atoms with E-state index in [1.54, 1.807) is 20.8 Å². The van der Waals surface area contributed by atoms with Crippen LogP contribution in [0.2, 0.25) is 0 Å². The molecule has 0 saturated carbocycles. The molecule has 1 aromatic rings. The first-order valence-corrected chi connectivity index (χ1v) is 6.88. The average molecular weight is 285 g/mol. The number of alkyl carbamates (subject to hydrolysis) is 1. The van der Waals surface area contributed by atoms with Crippen molar-refractivity contribution in [2.45, 2.75) is 32.8 Å². The molecule has 0 saturated heterocycles. The Morgan fingerprint density at radius 3 is 2.63 bits per heavy atom. The molecule has 0 fully saturated rings. The number of hydrogen-bond acceptors (Lipinski definition) is 4. The number of carbonyl (C=O) groups excluding carboxylic acids is 1. The van der Waals surface area contributed by atoms with E-state index >= 15 is 0 Å². The zero-order valence-corrected chi connectivity index (χ0v) is 12.1. The molecule has 1 heterocycles. The number of carboxylic acid groups (broad SMARTS) is 1. The lowest BCUT2D eigenvalue weighted by Crippen LogP contribution is -2.37. The summed E-state index contributed by atoms with van der Waals surface area (Å²) in [4.78, 5) is 23.6. The van der Waals surface area contributed by atoms with E-state index in [1.807, 2.05) is 17.5 Å². The molecule has 0 spiro atoms. The van der Waals surface area contributed by atoms with E-state index in [2.05, 4.69) is 5.32 Å². The van der Waals surface area contributed by atoms with Crippen molar-refractivity contribution in [3.63, 3.8) is 0 Å². The lowest BCUT2D eigenvalue weighted by atomic mass is 10.1. The largest absolute Gasteiger partial charge is 0.481 e. The summed E-state index contributed by atoms with van der Waals surface area (Å²) in [6.45, 7) is 5.33. The van der Waals surface area contributed by atoms with Crippen LogP contribution in [0.1, 0.15) is 25.6 Å². The van der Waals surface area contributed by atoms with Crippen molar-refractivity contribution >= 4 is 23.4 Å². The number of nitrogens with one attached hydrogen (secondary N) is 1. The van der Waals surface area contributed by atoms with Gasteiger partial charge >= 0.3 is 12.1 Å². The Bertz CT molecular complexity index is 422. The van der Waals surface area contributed by atoms with Crippen molar-refractivity contribution in [3.05, 3.63) is 22.4 Å². The van der Waals surface area contributed by atoms with Crippen LogP contribution in [0.25, 0.3) is 0 Å². The summed E-state index contributed by atoms with van der Waals surface area (Å²) in [5.41, 5.74) is -0.587. The van der Waals surface area contributed by atoms with Crippen molar-refractivity contribution in [1.82, 2.24) is 5.32 Å². The molecule has 0 aliphatic carbocycles. The Morgan fingerprint density at radius 2 is 2.16 bits per heavy atom. The van der Waals surface area contributed by atoms with E-state index in [0.29, 0.717) is 6.42 Å². The maximum absolute atomic E-state index is 11.5. The van der Waals surface area contributed by atoms with Gasteiger partial charge in [-0.3, -0.25) is 4.79 Å². The van der Waals surface area contributed by atoms with E-state index in [9.17, 15) is 9.59 Å². The van der Waals surface area contributed by atoms with Crippen LogP contribution in [-0.4, -0.2) is 29.3 Å². The lowest BCUT2D eigenvalue weighted by Gasteiger charge is -2.20. The normalized spacial score (nSPS) is 12.8. The second-order valence-corrected chi connectivity index (χ2v) is 6.23. The highest BCUT2D eigenvalue weighted by Crippen LogP contribution is 2.15. The summed E-state index contributed by atoms with van der Waals surface area (Å²) >= 11 is 1.51. The van der Waals surface area contributed by atoms with Gasteiger partial charge in [0.1, 0.15) is 5.60 Å². The Kier molecular flexibility index (Phi) is 5.35. The van der Waals surface area contributed by atoms with Gasteiger partial charge in [0.05, 0.1) is 5.92 Å². The molecule has 0 radical (unpaired) electrons. The van der Waals surface area contributed by atoms with E-state index in [1.165, 1.54) is 11.3 Å². The maximum atomic E-state index is 11.5. The second-order valence-electron chi connectivity index (χ2n) is 5.20. The number of carboxylic acids is 1. The highest BCUT2D eigenvalue weighted by molar-refractivity contribution is 7.09. The Balaban J connectivity index is 2.46. The SMILES string of the molecule is CC(C)(C)OC(=O)NCC(Cc1cccs1)C(=O)O. The lowest BCUT2D eigenvalue weighted by molar-refractivity contribution is -0.141. The summed E-state index contributed by atoms with van der Waals surface area (Å²) in [5.74, 6) is -1.57. The Morgan fingerprint density at radius 1 is 1.47 bits per heavy atom. The minimum Gasteiger partial charge on any atom is -0.481 e. The van der Waals surface area contributed by atoms with Gasteiger partial charge in [0.2, 0.25) is 0 Å². The second kappa shape index (κ2) is 6.56. The fourth-order valence-corrected chi connectivity index (χ4v) is 2.23. The number of thiophene rings is 1. The van der Waals surface area contributed by atoms with Crippen LogP contribution in [0.3, 0.4) is 0 Å². The van der Waals surface area contributed by atoms with Gasteiger partial charge in [0.25, 0.3) is 0 Å². The maximum Gasteiger partial charge on any atom is 0.407 e. The molecule has 1 unspecified atom stereocenters. The van der Waals surface area contributed by atoms with Crippen molar-refractivity contribution in [1.29, 1.82) is 0 Å². The van der Waals surface area contributed by atoms with Gasteiger partial charge in [-0.05, 0) is 38.6 Å². The zero-order valence-electron chi connectivity index (χ0n) is 11.3. The third-order valence-electron chi connectivity index (χ3n) is 2.27. The first-order chi connectivity index (χ1) is 8.78. The molecule has 0 aliphatic heterocycles. The number of aliphatic carboxylic acids is 1. The molecule has 0 aromatic carbocycles. The van der Waals surface area contributed by atoms with Crippen LogP contribution < -0.4 is 5.32 Å². The Labute approximate surface area is 116 Å². The minimum atomic E-state index is -0.926. The molecule has 5 nitrogen and oxygen atoms in total. The highest BCUT2D eigenvalue weighted by atomic mass is 32.1. The highest BCUT2D eigenvalue weighted by Gasteiger charge is 2.21. The van der Waals surface area contributed by atoms with Gasteiger partial charge in [-0.15, -0.1) is 11.3 Å². The molecule has 1 atom stereocenters. The van der Waals surface area contributed by atoms with Crippen molar-refractivity contribution in [2.75, 3.05) is 6.54 Å². The summed E-state index contributed by atoms with van der Waals surface area (Å²) in [5, 5.41) is 13.5. The van der Waals surface area contributed by atoms with Crippen LogP contribution in [0.5, 0.6) is 0 Å².